The molecule has 5 heteroatoms. The molecule has 238 valence electrons. The third-order valence-corrected chi connectivity index (χ3v) is 7.28. The van der Waals surface area contributed by atoms with E-state index in [2.05, 4.69) is 72.8 Å². The Balaban J connectivity index is 6.26. The van der Waals surface area contributed by atoms with Crippen molar-refractivity contribution < 1.29 is 24.5 Å². The molecule has 0 radical (unpaired) electrons. The first kappa shape index (κ1) is 39.5. The Morgan fingerprint density at radius 2 is 1.00 bits per heavy atom. The summed E-state index contributed by atoms with van der Waals surface area (Å²) in [6.07, 6.45) is 18.2. The quantitative estimate of drug-likeness (QED) is 0.0799. The number of esters is 1. The van der Waals surface area contributed by atoms with E-state index in [9.17, 15) is 19.8 Å². The van der Waals surface area contributed by atoms with Gasteiger partial charge in [0.15, 0.2) is 5.78 Å². The number of hydrogen-bond donors (Lipinski definition) is 2. The van der Waals surface area contributed by atoms with Gasteiger partial charge >= 0.3 is 5.97 Å². The zero-order valence-electron chi connectivity index (χ0n) is 28.1. The second-order valence-electron chi connectivity index (χ2n) is 12.5. The van der Waals surface area contributed by atoms with Gasteiger partial charge in [0.2, 0.25) is 0 Å². The fraction of sp³-hybridized carbons (Fsp3) is 0.622. The van der Waals surface area contributed by atoms with Crippen molar-refractivity contribution in [1.29, 1.82) is 0 Å². The van der Waals surface area contributed by atoms with Crippen molar-refractivity contribution in [2.75, 3.05) is 13.2 Å². The van der Waals surface area contributed by atoms with Gasteiger partial charge in [0.05, 0.1) is 6.61 Å². The third kappa shape index (κ3) is 18.1. The highest BCUT2D eigenvalue weighted by molar-refractivity contribution is 6.04. The number of carbonyl (C=O) groups excluding carboxylic acids is 2. The normalized spacial score (nSPS) is 14.5. The van der Waals surface area contributed by atoms with Crippen molar-refractivity contribution in [2.45, 2.75) is 133 Å². The summed E-state index contributed by atoms with van der Waals surface area (Å²) in [5.74, 6) is -0.785. The number of carbonyl (C=O) groups is 2. The molecule has 0 aromatic heterocycles. The highest BCUT2D eigenvalue weighted by atomic mass is 16.5. The minimum atomic E-state index is -1.39. The first-order valence-electron chi connectivity index (χ1n) is 15.6. The maximum Gasteiger partial charge on any atom is 0.320 e. The van der Waals surface area contributed by atoms with E-state index in [0.29, 0.717) is 6.42 Å². The molecule has 0 fully saturated rings. The molecule has 0 aliphatic rings. The monoisotopic (exact) mass is 584 g/mol. The van der Waals surface area contributed by atoms with Crippen LogP contribution in [-0.4, -0.2) is 41.3 Å². The van der Waals surface area contributed by atoms with Gasteiger partial charge < -0.3 is 14.9 Å². The van der Waals surface area contributed by atoms with Crippen LogP contribution in [0.3, 0.4) is 0 Å². The molecule has 5 nitrogen and oxygen atoms in total. The molecule has 0 aliphatic carbocycles. The topological polar surface area (TPSA) is 83.8 Å². The zero-order valence-corrected chi connectivity index (χ0v) is 28.1. The largest absolute Gasteiger partial charge is 0.462 e. The van der Waals surface area contributed by atoms with Crippen LogP contribution in [0.1, 0.15) is 127 Å². The summed E-state index contributed by atoms with van der Waals surface area (Å²) in [6.45, 7) is 17.8. The van der Waals surface area contributed by atoms with Crippen LogP contribution in [0.4, 0.5) is 0 Å². The third-order valence-electron chi connectivity index (χ3n) is 7.28. The average Bonchev–Trinajstić information content (AvgIpc) is 2.91. The number of ether oxygens (including phenoxy) is 1. The molecule has 1 unspecified atom stereocenters. The summed E-state index contributed by atoms with van der Waals surface area (Å²) >= 11 is 0. The molecular formula is C37H60O5. The zero-order chi connectivity index (χ0) is 32.1. The molecule has 1 atom stereocenters. The maximum atomic E-state index is 14.0. The second-order valence-corrected chi connectivity index (χ2v) is 12.5. The van der Waals surface area contributed by atoms with Gasteiger partial charge in [-0.15, -0.1) is 0 Å². The summed E-state index contributed by atoms with van der Waals surface area (Å²) < 4.78 is 5.50. The second kappa shape index (κ2) is 22.1. The number of allylic oxidation sites excluding steroid dienone is 12. The molecule has 0 saturated carbocycles. The van der Waals surface area contributed by atoms with Crippen molar-refractivity contribution in [2.24, 2.45) is 5.41 Å². The number of ketones is 1. The van der Waals surface area contributed by atoms with Crippen LogP contribution >= 0.6 is 0 Å². The molecule has 2 N–H and O–H groups in total. The van der Waals surface area contributed by atoms with E-state index in [0.717, 1.165) is 49.7 Å². The summed E-state index contributed by atoms with van der Waals surface area (Å²) in [4.78, 5) is 27.7. The highest BCUT2D eigenvalue weighted by Gasteiger charge is 2.45. The van der Waals surface area contributed by atoms with Crippen molar-refractivity contribution in [1.82, 2.24) is 0 Å². The van der Waals surface area contributed by atoms with E-state index in [1.165, 1.54) is 22.3 Å². The molecule has 0 aromatic rings. The first-order chi connectivity index (χ1) is 19.7. The number of Topliss-reactive ketones (excluding diaryl/α,β-unsaturated/α-hetero) is 1. The predicted octanol–water partition coefficient (Wildman–Crippen LogP) is 9.08. The Morgan fingerprint density at radius 1 is 0.619 bits per heavy atom. The van der Waals surface area contributed by atoms with E-state index in [1.807, 2.05) is 26.0 Å². The summed E-state index contributed by atoms with van der Waals surface area (Å²) in [6, 6.07) is 0. The molecule has 42 heavy (non-hydrogen) atoms. The summed E-state index contributed by atoms with van der Waals surface area (Å²) in [5, 5.41) is 19.1. The lowest BCUT2D eigenvalue weighted by Crippen LogP contribution is -2.41. The van der Waals surface area contributed by atoms with Crippen molar-refractivity contribution in [3.05, 3.63) is 69.9 Å². The molecule has 0 spiro atoms. The molecule has 0 heterocycles. The van der Waals surface area contributed by atoms with E-state index in [1.54, 1.807) is 0 Å². The van der Waals surface area contributed by atoms with Crippen LogP contribution in [0.2, 0.25) is 0 Å². The van der Waals surface area contributed by atoms with Gasteiger partial charge in [-0.1, -0.05) is 69.9 Å². The van der Waals surface area contributed by atoms with Gasteiger partial charge in [0.1, 0.15) is 18.1 Å². The molecular weight excluding hydrogens is 524 g/mol. The maximum absolute atomic E-state index is 14.0. The Hall–Kier alpha value is -2.50. The Morgan fingerprint density at radius 3 is 1.38 bits per heavy atom. The average molecular weight is 585 g/mol. The Kier molecular flexibility index (Phi) is 20.8. The van der Waals surface area contributed by atoms with Gasteiger partial charge in [-0.2, -0.15) is 0 Å². The smallest absolute Gasteiger partial charge is 0.320 e. The van der Waals surface area contributed by atoms with Crippen LogP contribution in [0.5, 0.6) is 0 Å². The van der Waals surface area contributed by atoms with Crippen LogP contribution in [-0.2, 0) is 14.3 Å². The molecule has 0 aromatic carbocycles. The highest BCUT2D eigenvalue weighted by Crippen LogP contribution is 2.35. The molecule has 0 bridgehead atoms. The molecule has 0 amide bonds. The lowest BCUT2D eigenvalue weighted by molar-refractivity contribution is -0.163. The van der Waals surface area contributed by atoms with Crippen molar-refractivity contribution >= 4 is 11.8 Å². The van der Waals surface area contributed by atoms with Crippen LogP contribution in [0, 0.1) is 5.41 Å². The number of hydrogen-bond acceptors (Lipinski definition) is 5. The van der Waals surface area contributed by atoms with Gasteiger partial charge in [-0.05, 0) is 120 Å². The van der Waals surface area contributed by atoms with Crippen molar-refractivity contribution in [3.8, 4) is 0 Å². The Labute approximate surface area is 257 Å². The lowest BCUT2D eigenvalue weighted by atomic mass is 9.74. The number of rotatable bonds is 21. The van der Waals surface area contributed by atoms with Crippen LogP contribution < -0.4 is 0 Å². The summed E-state index contributed by atoms with van der Waals surface area (Å²) in [5.41, 5.74) is 5.88. The first-order valence-corrected chi connectivity index (χ1v) is 15.6. The summed E-state index contributed by atoms with van der Waals surface area (Å²) in [7, 11) is 0. The molecule has 0 rings (SSSR count). The SMILES string of the molecule is CC(C)=CCCC(C)=CCC(CC=C(C)CCC=C(C)C)(C(=O)CC/C=C(\C)CCC=C(C)C)C(=O)OCC(O)CO. The van der Waals surface area contributed by atoms with Gasteiger partial charge in [0.25, 0.3) is 0 Å². The van der Waals surface area contributed by atoms with Gasteiger partial charge in [-0.25, -0.2) is 0 Å². The van der Waals surface area contributed by atoms with E-state index < -0.39 is 24.1 Å². The van der Waals surface area contributed by atoms with Gasteiger partial charge in [-0.3, -0.25) is 9.59 Å². The number of aliphatic hydroxyl groups is 2. The van der Waals surface area contributed by atoms with Crippen LogP contribution in [0.25, 0.3) is 0 Å². The fourth-order valence-electron chi connectivity index (χ4n) is 4.41. The van der Waals surface area contributed by atoms with Crippen molar-refractivity contribution in [3.63, 3.8) is 0 Å². The minimum absolute atomic E-state index is 0.152. The minimum Gasteiger partial charge on any atom is -0.462 e. The predicted molar refractivity (Wildman–Crippen MR) is 177 cm³/mol. The van der Waals surface area contributed by atoms with Gasteiger partial charge in [0, 0.05) is 6.42 Å². The fourth-order valence-corrected chi connectivity index (χ4v) is 4.41. The van der Waals surface area contributed by atoms with E-state index in [4.69, 9.17) is 4.74 Å². The molecule has 0 saturated heterocycles. The van der Waals surface area contributed by atoms with E-state index >= 15 is 0 Å². The Bertz CT molecular complexity index is 967. The number of aliphatic hydroxyl groups excluding tert-OH is 2. The van der Waals surface area contributed by atoms with Crippen LogP contribution in [0.15, 0.2) is 69.9 Å². The van der Waals surface area contributed by atoms with E-state index in [-0.39, 0.29) is 31.7 Å². The standard InChI is InChI=1S/C37H60O5/c1-28(2)14-10-17-31(7)20-13-21-35(40)37(36(41)42-27-34(39)26-38,24-22-32(8)18-11-15-29(3)4)25-23-33(9)19-12-16-30(5)6/h14-16,20,22-23,34,38-39H,10-13,17-19,21,24-27H2,1-9H3/b31-20+,32-22?,33-23?. The molecule has 0 aliphatic heterocycles. The lowest BCUT2D eigenvalue weighted by Gasteiger charge is -2.29.